The van der Waals surface area contributed by atoms with E-state index < -0.39 is 45.2 Å². The van der Waals surface area contributed by atoms with Gasteiger partial charge in [0.25, 0.3) is 5.69 Å². The van der Waals surface area contributed by atoms with Gasteiger partial charge in [0.15, 0.2) is 4.90 Å². The highest BCUT2D eigenvalue weighted by Crippen LogP contribution is 2.46. The van der Waals surface area contributed by atoms with Crippen LogP contribution < -0.4 is 0 Å². The monoisotopic (exact) mass is 393 g/mol. The molecule has 0 atom stereocenters. The van der Waals surface area contributed by atoms with Crippen LogP contribution in [0.25, 0.3) is 0 Å². The van der Waals surface area contributed by atoms with Crippen LogP contribution in [0.2, 0.25) is 0 Å². The lowest BCUT2D eigenvalue weighted by molar-refractivity contribution is -0.387. The maximum atomic E-state index is 12.4. The van der Waals surface area contributed by atoms with Crippen LogP contribution in [0.5, 0.6) is 0 Å². The molecule has 25 heavy (non-hydrogen) atoms. The summed E-state index contributed by atoms with van der Waals surface area (Å²) in [4.78, 5) is 9.76. The van der Waals surface area contributed by atoms with Crippen molar-refractivity contribution in [1.29, 1.82) is 0 Å². The number of hydrogen-bond acceptors (Lipinski definition) is 7. The minimum atomic E-state index is -4.33. The smallest absolute Gasteiger partial charge is 0.304 e. The van der Waals surface area contributed by atoms with Gasteiger partial charge in [-0.3, -0.25) is 14.3 Å². The molecule has 0 N–H and O–H groups in total. The normalized spacial score (nSPS) is 13.2. The Bertz CT molecular complexity index is 691. The largest absolute Gasteiger partial charge is 0.327 e. The summed E-state index contributed by atoms with van der Waals surface area (Å²) in [5, 5.41) is 11.0. The molecule has 0 bridgehead atoms. The molecule has 0 heterocycles. The zero-order valence-electron chi connectivity index (χ0n) is 15.2. The van der Waals surface area contributed by atoms with E-state index >= 15 is 0 Å². The third-order valence-electron chi connectivity index (χ3n) is 2.40. The van der Waals surface area contributed by atoms with E-state index in [9.17, 15) is 18.5 Å². The lowest BCUT2D eigenvalue weighted by atomic mass is 10.2. The van der Waals surface area contributed by atoms with E-state index in [2.05, 4.69) is 0 Å². The molecule has 0 unspecified atom stereocenters. The molecule has 0 amide bonds. The SMILES string of the molecule is CC(C)(C)OP(COS(=O)(=O)c1ccccc1[N+](=O)[O-])OC(C)(C)C. The van der Waals surface area contributed by atoms with Crippen LogP contribution in [-0.4, -0.2) is 30.9 Å². The van der Waals surface area contributed by atoms with E-state index in [4.69, 9.17) is 13.2 Å². The molecule has 0 radical (unpaired) electrons. The highest BCUT2D eigenvalue weighted by Gasteiger charge is 2.31. The first-order valence-corrected chi connectivity index (χ1v) is 10.3. The molecular weight excluding hydrogens is 369 g/mol. The molecule has 142 valence electrons. The maximum absolute atomic E-state index is 12.4. The van der Waals surface area contributed by atoms with Gasteiger partial charge >= 0.3 is 10.1 Å². The van der Waals surface area contributed by atoms with Gasteiger partial charge in [0.2, 0.25) is 8.38 Å². The number of nitrogens with zero attached hydrogens (tertiary/aromatic N) is 1. The Kier molecular flexibility index (Phi) is 7.06. The van der Waals surface area contributed by atoms with Crippen molar-refractivity contribution < 1.29 is 26.6 Å². The Labute approximate surface area is 149 Å². The van der Waals surface area contributed by atoms with Crippen LogP contribution in [0, 0.1) is 10.1 Å². The van der Waals surface area contributed by atoms with E-state index in [1.807, 2.05) is 41.5 Å². The Morgan fingerprint density at radius 2 is 1.52 bits per heavy atom. The average Bonchev–Trinajstić information content (AvgIpc) is 2.41. The molecule has 1 aromatic rings. The van der Waals surface area contributed by atoms with Crippen molar-refractivity contribution in [3.63, 3.8) is 0 Å². The Morgan fingerprint density at radius 1 is 1.04 bits per heavy atom. The van der Waals surface area contributed by atoms with Crippen molar-refractivity contribution in [2.75, 3.05) is 6.35 Å². The summed E-state index contributed by atoms with van der Waals surface area (Å²) in [6.45, 7) is 10.9. The Morgan fingerprint density at radius 3 is 1.96 bits per heavy atom. The Hall–Kier alpha value is -1.12. The molecular formula is C15H24NO7PS. The number of nitro groups is 1. The second-order valence-corrected chi connectivity index (χ2v) is 10.0. The summed E-state index contributed by atoms with van der Waals surface area (Å²) in [6.07, 6.45) is -0.363. The highest BCUT2D eigenvalue weighted by molar-refractivity contribution is 7.87. The van der Waals surface area contributed by atoms with Gasteiger partial charge in [0.1, 0.15) is 6.35 Å². The summed E-state index contributed by atoms with van der Waals surface area (Å²) in [5.41, 5.74) is -1.67. The van der Waals surface area contributed by atoms with Crippen LogP contribution in [0.15, 0.2) is 29.2 Å². The van der Waals surface area contributed by atoms with Gasteiger partial charge in [-0.1, -0.05) is 12.1 Å². The third kappa shape index (κ3) is 7.75. The quantitative estimate of drug-likeness (QED) is 0.296. The summed E-state index contributed by atoms with van der Waals surface area (Å²) >= 11 is 0. The predicted octanol–water partition coefficient (Wildman–Crippen LogP) is 4.20. The van der Waals surface area contributed by atoms with E-state index in [0.717, 1.165) is 12.1 Å². The molecule has 0 saturated heterocycles. The fourth-order valence-electron chi connectivity index (χ4n) is 1.68. The molecule has 0 aliphatic carbocycles. The fourth-order valence-corrected chi connectivity index (χ4v) is 4.71. The van der Waals surface area contributed by atoms with E-state index in [1.54, 1.807) is 0 Å². The third-order valence-corrected chi connectivity index (χ3v) is 5.73. The second-order valence-electron chi connectivity index (χ2n) is 7.17. The molecule has 0 aliphatic heterocycles. The van der Waals surface area contributed by atoms with Crippen molar-refractivity contribution in [3.8, 4) is 0 Å². The Balaban J connectivity index is 2.99. The fraction of sp³-hybridized carbons (Fsp3) is 0.600. The molecule has 0 saturated carbocycles. The van der Waals surface area contributed by atoms with Crippen LogP contribution in [0.1, 0.15) is 41.5 Å². The number of benzene rings is 1. The van der Waals surface area contributed by atoms with Crippen molar-refractivity contribution in [1.82, 2.24) is 0 Å². The van der Waals surface area contributed by atoms with Gasteiger partial charge in [0.05, 0.1) is 16.1 Å². The number of nitro benzene ring substituents is 1. The van der Waals surface area contributed by atoms with Crippen LogP contribution in [0.3, 0.4) is 0 Å². The summed E-state index contributed by atoms with van der Waals surface area (Å²) in [6, 6.07) is 5.01. The van der Waals surface area contributed by atoms with E-state index in [0.29, 0.717) is 0 Å². The highest BCUT2D eigenvalue weighted by atomic mass is 32.2. The van der Waals surface area contributed by atoms with Gasteiger partial charge in [-0.05, 0) is 47.6 Å². The molecule has 10 heteroatoms. The summed E-state index contributed by atoms with van der Waals surface area (Å²) in [5.74, 6) is 0. The molecule has 0 aromatic heterocycles. The lowest BCUT2D eigenvalue weighted by Gasteiger charge is -2.31. The number of rotatable bonds is 7. The topological polar surface area (TPSA) is 105 Å². The summed E-state index contributed by atoms with van der Waals surface area (Å²) < 4.78 is 41.2. The van der Waals surface area contributed by atoms with Crippen molar-refractivity contribution in [2.45, 2.75) is 57.6 Å². The zero-order chi connectivity index (χ0) is 19.5. The van der Waals surface area contributed by atoms with Crippen molar-refractivity contribution >= 4 is 24.2 Å². The van der Waals surface area contributed by atoms with Crippen molar-refractivity contribution in [3.05, 3.63) is 34.4 Å². The number of hydrogen-bond donors (Lipinski definition) is 0. The van der Waals surface area contributed by atoms with Gasteiger partial charge in [-0.2, -0.15) is 8.42 Å². The molecule has 0 spiro atoms. The molecule has 1 aromatic carbocycles. The maximum Gasteiger partial charge on any atom is 0.304 e. The average molecular weight is 393 g/mol. The second kappa shape index (κ2) is 8.05. The van der Waals surface area contributed by atoms with Crippen LogP contribution in [-0.2, 0) is 23.3 Å². The zero-order valence-corrected chi connectivity index (χ0v) is 16.9. The molecule has 8 nitrogen and oxygen atoms in total. The van der Waals surface area contributed by atoms with Crippen LogP contribution in [0.4, 0.5) is 5.69 Å². The standard InChI is InChI=1S/C15H24NO7PS/c1-14(2,3)22-24(23-15(4,5)6)11-21-25(19,20)13-10-8-7-9-12(13)16(17)18/h7-10H,11H2,1-6H3. The summed E-state index contributed by atoms with van der Waals surface area (Å²) in [7, 11) is -6.02. The van der Waals surface area contributed by atoms with Crippen molar-refractivity contribution in [2.24, 2.45) is 0 Å². The molecule has 0 fully saturated rings. The van der Waals surface area contributed by atoms with E-state index in [-0.39, 0.29) is 6.35 Å². The van der Waals surface area contributed by atoms with Gasteiger partial charge in [-0.15, -0.1) is 0 Å². The minimum absolute atomic E-state index is 0.363. The first kappa shape index (κ1) is 21.9. The van der Waals surface area contributed by atoms with Gasteiger partial charge in [-0.25, -0.2) is 0 Å². The number of para-hydroxylation sites is 1. The molecule has 0 aliphatic rings. The van der Waals surface area contributed by atoms with E-state index in [1.165, 1.54) is 12.1 Å². The first-order chi connectivity index (χ1) is 11.2. The molecule has 1 rings (SSSR count). The minimum Gasteiger partial charge on any atom is -0.327 e. The van der Waals surface area contributed by atoms with Gasteiger partial charge in [0, 0.05) is 6.07 Å². The predicted molar refractivity (Wildman–Crippen MR) is 94.8 cm³/mol. The first-order valence-electron chi connectivity index (χ1n) is 7.50. The van der Waals surface area contributed by atoms with Crippen LogP contribution >= 0.6 is 8.38 Å². The van der Waals surface area contributed by atoms with Gasteiger partial charge < -0.3 is 9.05 Å². The lowest BCUT2D eigenvalue weighted by Crippen LogP contribution is -2.24.